The number of nitrogens with one attached hydrogen (secondary N) is 1. The summed E-state index contributed by atoms with van der Waals surface area (Å²) >= 11 is 0. The maximum atomic E-state index is 6.35. The Bertz CT molecular complexity index is 234. The number of hydrogen-bond donors (Lipinski definition) is 3. The Morgan fingerprint density at radius 2 is 1.56 bits per heavy atom. The number of nitrogens with two attached hydrogens (primary N) is 2. The summed E-state index contributed by atoms with van der Waals surface area (Å²) in [6.07, 6.45) is 11.8. The second kappa shape index (κ2) is 6.85. The molecule has 1 heterocycles. The van der Waals surface area contributed by atoms with Crippen molar-refractivity contribution in [2.24, 2.45) is 11.5 Å². The van der Waals surface area contributed by atoms with Gasteiger partial charge in [-0.05, 0) is 32.2 Å². The molecule has 0 aromatic rings. The molecule has 0 atom stereocenters. The molecule has 5 N–H and O–H groups in total. The molecule has 1 saturated carbocycles. The standard InChI is InChI=1S/C14H30N4/c15-14(16)12-17-10-6-7-11-18(14)13-8-4-2-1-3-5-9-13/h13,17H,1-12,15-16H2. The minimum atomic E-state index is -0.662. The van der Waals surface area contributed by atoms with E-state index in [0.717, 1.165) is 13.1 Å². The molecule has 0 spiro atoms. The summed E-state index contributed by atoms with van der Waals surface area (Å²) in [5.41, 5.74) is 12.7. The summed E-state index contributed by atoms with van der Waals surface area (Å²) in [6.45, 7) is 2.83. The molecule has 1 aliphatic carbocycles. The summed E-state index contributed by atoms with van der Waals surface area (Å²) < 4.78 is 0. The lowest BCUT2D eigenvalue weighted by Gasteiger charge is -2.45. The molecule has 4 heteroatoms. The van der Waals surface area contributed by atoms with E-state index >= 15 is 0 Å². The first-order valence-electron chi connectivity index (χ1n) is 7.75. The molecular formula is C14H30N4. The summed E-state index contributed by atoms with van der Waals surface area (Å²) in [7, 11) is 0. The Hall–Kier alpha value is -0.160. The lowest BCUT2D eigenvalue weighted by Crippen LogP contribution is -2.71. The van der Waals surface area contributed by atoms with E-state index in [2.05, 4.69) is 10.2 Å². The highest BCUT2D eigenvalue weighted by molar-refractivity contribution is 4.88. The third kappa shape index (κ3) is 3.92. The van der Waals surface area contributed by atoms with E-state index in [-0.39, 0.29) is 0 Å². The lowest BCUT2D eigenvalue weighted by atomic mass is 9.94. The highest BCUT2D eigenvalue weighted by atomic mass is 15.4. The van der Waals surface area contributed by atoms with Gasteiger partial charge in [0.1, 0.15) is 5.79 Å². The zero-order valence-corrected chi connectivity index (χ0v) is 11.7. The second-order valence-electron chi connectivity index (χ2n) is 6.07. The van der Waals surface area contributed by atoms with Gasteiger partial charge in [-0.15, -0.1) is 0 Å². The van der Waals surface area contributed by atoms with Gasteiger partial charge in [-0.25, -0.2) is 0 Å². The second-order valence-corrected chi connectivity index (χ2v) is 6.07. The molecule has 4 nitrogen and oxygen atoms in total. The first-order chi connectivity index (χ1) is 8.70. The highest BCUT2D eigenvalue weighted by Gasteiger charge is 2.33. The largest absolute Gasteiger partial charge is 0.312 e. The van der Waals surface area contributed by atoms with Crippen LogP contribution in [0.3, 0.4) is 0 Å². The van der Waals surface area contributed by atoms with Gasteiger partial charge in [0, 0.05) is 19.1 Å². The molecule has 0 unspecified atom stereocenters. The molecule has 1 saturated heterocycles. The molecule has 0 radical (unpaired) electrons. The zero-order chi connectivity index (χ0) is 12.8. The molecule has 2 aliphatic rings. The molecule has 1 aliphatic heterocycles. The molecule has 2 rings (SSSR count). The molecule has 2 fully saturated rings. The van der Waals surface area contributed by atoms with Crippen LogP contribution in [0.1, 0.15) is 57.8 Å². The Morgan fingerprint density at radius 3 is 2.28 bits per heavy atom. The van der Waals surface area contributed by atoms with Crippen LogP contribution >= 0.6 is 0 Å². The first-order valence-corrected chi connectivity index (χ1v) is 7.75. The van der Waals surface area contributed by atoms with Gasteiger partial charge in [-0.3, -0.25) is 16.4 Å². The van der Waals surface area contributed by atoms with Crippen LogP contribution in [0.4, 0.5) is 0 Å². The Kier molecular flexibility index (Phi) is 5.42. The van der Waals surface area contributed by atoms with Gasteiger partial charge in [0.15, 0.2) is 0 Å². The van der Waals surface area contributed by atoms with Crippen molar-refractivity contribution in [3.63, 3.8) is 0 Å². The van der Waals surface area contributed by atoms with Crippen molar-refractivity contribution in [1.82, 2.24) is 10.2 Å². The average molecular weight is 254 g/mol. The molecular weight excluding hydrogens is 224 g/mol. The van der Waals surface area contributed by atoms with Gasteiger partial charge in [-0.2, -0.15) is 0 Å². The van der Waals surface area contributed by atoms with Crippen molar-refractivity contribution in [2.75, 3.05) is 19.6 Å². The van der Waals surface area contributed by atoms with Crippen LogP contribution in [0.2, 0.25) is 0 Å². The van der Waals surface area contributed by atoms with Crippen molar-refractivity contribution in [3.8, 4) is 0 Å². The minimum Gasteiger partial charge on any atom is -0.312 e. The van der Waals surface area contributed by atoms with Crippen LogP contribution in [0, 0.1) is 0 Å². The SMILES string of the molecule is NC1(N)CNCCCCN1C1CCCCCCC1. The smallest absolute Gasteiger partial charge is 0.134 e. The summed E-state index contributed by atoms with van der Waals surface area (Å²) in [6, 6.07) is 0.597. The summed E-state index contributed by atoms with van der Waals surface area (Å²) in [5, 5.41) is 3.38. The molecule has 0 bridgehead atoms. The van der Waals surface area contributed by atoms with Crippen LogP contribution in [-0.4, -0.2) is 36.4 Å². The average Bonchev–Trinajstić information content (AvgIpc) is 2.27. The van der Waals surface area contributed by atoms with Crippen molar-refractivity contribution in [3.05, 3.63) is 0 Å². The van der Waals surface area contributed by atoms with E-state index in [1.54, 1.807) is 0 Å². The van der Waals surface area contributed by atoms with E-state index < -0.39 is 5.79 Å². The van der Waals surface area contributed by atoms with Crippen LogP contribution in [0.5, 0.6) is 0 Å². The fraction of sp³-hybridized carbons (Fsp3) is 1.00. The minimum absolute atomic E-state index is 0.597. The maximum Gasteiger partial charge on any atom is 0.134 e. The third-order valence-corrected chi connectivity index (χ3v) is 4.46. The number of rotatable bonds is 1. The van der Waals surface area contributed by atoms with Crippen LogP contribution in [-0.2, 0) is 0 Å². The van der Waals surface area contributed by atoms with Crippen molar-refractivity contribution in [2.45, 2.75) is 69.6 Å². The van der Waals surface area contributed by atoms with Gasteiger partial charge in [0.05, 0.1) is 0 Å². The molecule has 0 aromatic carbocycles. The van der Waals surface area contributed by atoms with Crippen molar-refractivity contribution >= 4 is 0 Å². The molecule has 18 heavy (non-hydrogen) atoms. The third-order valence-electron chi connectivity index (χ3n) is 4.46. The lowest BCUT2D eigenvalue weighted by molar-refractivity contribution is 0.0294. The predicted molar refractivity (Wildman–Crippen MR) is 76.0 cm³/mol. The van der Waals surface area contributed by atoms with E-state index in [1.807, 2.05) is 0 Å². The molecule has 106 valence electrons. The zero-order valence-electron chi connectivity index (χ0n) is 11.7. The number of hydrogen-bond acceptors (Lipinski definition) is 4. The van der Waals surface area contributed by atoms with E-state index in [4.69, 9.17) is 11.5 Å². The maximum absolute atomic E-state index is 6.35. The van der Waals surface area contributed by atoms with Gasteiger partial charge in [-0.1, -0.05) is 32.1 Å². The van der Waals surface area contributed by atoms with E-state index in [1.165, 1.54) is 57.8 Å². The van der Waals surface area contributed by atoms with Gasteiger partial charge in [0.2, 0.25) is 0 Å². The predicted octanol–water partition coefficient (Wildman–Crippen LogP) is 1.36. The van der Waals surface area contributed by atoms with Crippen molar-refractivity contribution < 1.29 is 0 Å². The summed E-state index contributed by atoms with van der Waals surface area (Å²) in [4.78, 5) is 2.39. The fourth-order valence-electron chi connectivity index (χ4n) is 3.40. The Morgan fingerprint density at radius 1 is 0.889 bits per heavy atom. The normalized spacial score (nSPS) is 29.0. The summed E-state index contributed by atoms with van der Waals surface area (Å²) in [5.74, 6) is -0.662. The van der Waals surface area contributed by atoms with Gasteiger partial charge in [0.25, 0.3) is 0 Å². The topological polar surface area (TPSA) is 67.3 Å². The Balaban J connectivity index is 2.00. The monoisotopic (exact) mass is 254 g/mol. The first kappa shape index (κ1) is 14.3. The number of nitrogens with zero attached hydrogens (tertiary/aromatic N) is 1. The van der Waals surface area contributed by atoms with E-state index in [9.17, 15) is 0 Å². The van der Waals surface area contributed by atoms with Gasteiger partial charge < -0.3 is 5.32 Å². The van der Waals surface area contributed by atoms with Crippen LogP contribution in [0.25, 0.3) is 0 Å². The van der Waals surface area contributed by atoms with Crippen LogP contribution in [0.15, 0.2) is 0 Å². The molecule has 0 amide bonds. The fourth-order valence-corrected chi connectivity index (χ4v) is 3.40. The quantitative estimate of drug-likeness (QED) is 0.618. The van der Waals surface area contributed by atoms with Gasteiger partial charge >= 0.3 is 0 Å². The van der Waals surface area contributed by atoms with Crippen molar-refractivity contribution in [1.29, 1.82) is 0 Å². The van der Waals surface area contributed by atoms with E-state index in [0.29, 0.717) is 12.6 Å². The highest BCUT2D eigenvalue weighted by Crippen LogP contribution is 2.24. The van der Waals surface area contributed by atoms with Crippen LogP contribution < -0.4 is 16.8 Å². The molecule has 0 aromatic heterocycles. The Labute approximate surface area is 111 Å².